The molecule has 186 valence electrons. The fourth-order valence-corrected chi connectivity index (χ4v) is 3.20. The first-order chi connectivity index (χ1) is 15.8. The highest BCUT2D eigenvalue weighted by atomic mass is 19.3. The van der Waals surface area contributed by atoms with E-state index in [4.69, 9.17) is 9.84 Å². The van der Waals surface area contributed by atoms with Gasteiger partial charge in [0, 0.05) is 11.8 Å². The SMILES string of the molecule is C[C@H](CCC[C@H](NC(=O)OC(C)(C)C)c1cc(-c2c([N+](=O)[O-])cnn2C(F)F)ccn1)C(=O)O. The largest absolute Gasteiger partial charge is 0.481 e. The Morgan fingerprint density at radius 3 is 2.56 bits per heavy atom. The van der Waals surface area contributed by atoms with E-state index in [1.807, 2.05) is 0 Å². The highest BCUT2D eigenvalue weighted by Gasteiger charge is 2.28. The third-order valence-electron chi connectivity index (χ3n) is 4.81. The maximum Gasteiger partial charge on any atom is 0.408 e. The number of amides is 1. The summed E-state index contributed by atoms with van der Waals surface area (Å²) >= 11 is 0. The molecule has 0 bridgehead atoms. The van der Waals surface area contributed by atoms with Crippen LogP contribution in [-0.2, 0) is 9.53 Å². The minimum Gasteiger partial charge on any atom is -0.481 e. The van der Waals surface area contributed by atoms with Crippen molar-refractivity contribution in [2.24, 2.45) is 5.92 Å². The van der Waals surface area contributed by atoms with Crippen molar-refractivity contribution in [3.8, 4) is 11.3 Å². The minimum atomic E-state index is -3.12. The zero-order chi connectivity index (χ0) is 25.6. The van der Waals surface area contributed by atoms with E-state index in [0.717, 1.165) is 6.20 Å². The summed E-state index contributed by atoms with van der Waals surface area (Å²) in [5.74, 6) is -1.56. The van der Waals surface area contributed by atoms with Crippen molar-refractivity contribution in [3.05, 3.63) is 40.3 Å². The van der Waals surface area contributed by atoms with Crippen LogP contribution in [0, 0.1) is 16.0 Å². The molecule has 0 saturated carbocycles. The number of aliphatic carboxylic acids is 1. The van der Waals surface area contributed by atoms with Crippen molar-refractivity contribution in [3.63, 3.8) is 0 Å². The van der Waals surface area contributed by atoms with Crippen LogP contribution in [0.15, 0.2) is 24.5 Å². The molecule has 11 nitrogen and oxygen atoms in total. The van der Waals surface area contributed by atoms with E-state index in [2.05, 4.69) is 15.4 Å². The van der Waals surface area contributed by atoms with Crippen LogP contribution >= 0.6 is 0 Å². The number of nitrogens with zero attached hydrogens (tertiary/aromatic N) is 4. The van der Waals surface area contributed by atoms with E-state index < -0.39 is 52.5 Å². The molecule has 0 aliphatic heterocycles. The van der Waals surface area contributed by atoms with Crippen LogP contribution in [-0.4, -0.2) is 42.5 Å². The number of rotatable bonds is 10. The number of aromatic nitrogens is 3. The normalized spacial score (nSPS) is 13.4. The Hall–Kier alpha value is -3.64. The van der Waals surface area contributed by atoms with Crippen LogP contribution in [0.2, 0.25) is 0 Å². The number of ether oxygens (including phenoxy) is 1. The first kappa shape index (κ1) is 26.6. The number of carbonyl (C=O) groups excluding carboxylic acids is 1. The molecule has 0 fully saturated rings. The van der Waals surface area contributed by atoms with Crippen LogP contribution in [0.4, 0.5) is 19.3 Å². The third-order valence-corrected chi connectivity index (χ3v) is 4.81. The Kier molecular flexibility index (Phi) is 8.60. The summed E-state index contributed by atoms with van der Waals surface area (Å²) in [5, 5.41) is 26.5. The van der Waals surface area contributed by atoms with Gasteiger partial charge in [0.1, 0.15) is 11.8 Å². The number of halogens is 2. The van der Waals surface area contributed by atoms with Crippen molar-refractivity contribution in [2.45, 2.75) is 65.1 Å². The third kappa shape index (κ3) is 7.18. The molecule has 13 heteroatoms. The van der Waals surface area contributed by atoms with Crippen LogP contribution < -0.4 is 5.32 Å². The fourth-order valence-electron chi connectivity index (χ4n) is 3.20. The van der Waals surface area contributed by atoms with Gasteiger partial charge in [-0.2, -0.15) is 18.6 Å². The second-order valence-corrected chi connectivity index (χ2v) is 8.70. The van der Waals surface area contributed by atoms with Crippen molar-refractivity contribution >= 4 is 17.7 Å². The lowest BCUT2D eigenvalue weighted by Crippen LogP contribution is -2.35. The molecule has 2 heterocycles. The summed E-state index contributed by atoms with van der Waals surface area (Å²) in [7, 11) is 0. The predicted molar refractivity (Wildman–Crippen MR) is 116 cm³/mol. The molecule has 2 atom stereocenters. The molecule has 0 unspecified atom stereocenters. The van der Waals surface area contributed by atoms with Gasteiger partial charge in [-0.3, -0.25) is 19.9 Å². The number of hydrogen-bond donors (Lipinski definition) is 2. The van der Waals surface area contributed by atoms with Gasteiger partial charge in [-0.25, -0.2) is 4.79 Å². The van der Waals surface area contributed by atoms with Gasteiger partial charge in [-0.1, -0.05) is 13.3 Å². The Balaban J connectivity index is 2.40. The predicted octanol–water partition coefficient (Wildman–Crippen LogP) is 4.71. The number of hydrogen-bond acceptors (Lipinski definition) is 7. The van der Waals surface area contributed by atoms with Gasteiger partial charge in [0.25, 0.3) is 0 Å². The van der Waals surface area contributed by atoms with E-state index in [1.54, 1.807) is 27.7 Å². The summed E-state index contributed by atoms with van der Waals surface area (Å²) in [6.07, 6.45) is 2.26. The average Bonchev–Trinajstić information content (AvgIpc) is 3.17. The quantitative estimate of drug-likeness (QED) is 0.364. The number of alkyl halides is 2. The second-order valence-electron chi connectivity index (χ2n) is 8.70. The van der Waals surface area contributed by atoms with Crippen molar-refractivity contribution in [1.29, 1.82) is 0 Å². The molecule has 2 rings (SSSR count). The maximum absolute atomic E-state index is 13.4. The maximum atomic E-state index is 13.4. The molecule has 1 amide bonds. The molecule has 0 aromatic carbocycles. The molecule has 0 saturated heterocycles. The highest BCUT2D eigenvalue weighted by Crippen LogP contribution is 2.34. The number of carboxylic acids is 1. The van der Waals surface area contributed by atoms with E-state index >= 15 is 0 Å². The molecule has 2 N–H and O–H groups in total. The molecule has 0 aliphatic rings. The van der Waals surface area contributed by atoms with Crippen molar-refractivity contribution < 1.29 is 33.1 Å². The van der Waals surface area contributed by atoms with Gasteiger partial charge in [0.05, 0.1) is 22.6 Å². The number of alkyl carbamates (subject to hydrolysis) is 1. The monoisotopic (exact) mass is 483 g/mol. The molecule has 2 aromatic rings. The van der Waals surface area contributed by atoms with Crippen LogP contribution in [0.3, 0.4) is 0 Å². The summed E-state index contributed by atoms with van der Waals surface area (Å²) < 4.78 is 32.4. The first-order valence-corrected chi connectivity index (χ1v) is 10.5. The number of carbonyl (C=O) groups is 2. The van der Waals surface area contributed by atoms with Gasteiger partial charge in [0.2, 0.25) is 0 Å². The Labute approximate surface area is 194 Å². The zero-order valence-electron chi connectivity index (χ0n) is 19.2. The molecular formula is C21H27F2N5O6. The van der Waals surface area contributed by atoms with E-state index in [1.165, 1.54) is 18.3 Å². The molecule has 0 aliphatic carbocycles. The average molecular weight is 483 g/mol. The van der Waals surface area contributed by atoms with E-state index in [-0.39, 0.29) is 22.4 Å². The summed E-state index contributed by atoms with van der Waals surface area (Å²) in [4.78, 5) is 38.2. The van der Waals surface area contributed by atoms with Crippen molar-refractivity contribution in [2.75, 3.05) is 0 Å². The van der Waals surface area contributed by atoms with Crippen molar-refractivity contribution in [1.82, 2.24) is 20.1 Å². The van der Waals surface area contributed by atoms with E-state index in [9.17, 15) is 28.5 Å². The van der Waals surface area contributed by atoms with E-state index in [0.29, 0.717) is 12.8 Å². The second kappa shape index (κ2) is 11.0. The smallest absolute Gasteiger partial charge is 0.408 e. The lowest BCUT2D eigenvalue weighted by atomic mass is 9.99. The first-order valence-electron chi connectivity index (χ1n) is 10.5. The number of carboxylic acid groups (broad SMARTS) is 1. The van der Waals surface area contributed by atoms with Gasteiger partial charge < -0.3 is 15.2 Å². The van der Waals surface area contributed by atoms with Crippen LogP contribution in [0.25, 0.3) is 11.3 Å². The zero-order valence-corrected chi connectivity index (χ0v) is 19.2. The minimum absolute atomic E-state index is 0.0596. The van der Waals surface area contributed by atoms with Gasteiger partial charge in [0.15, 0.2) is 5.69 Å². The topological polar surface area (TPSA) is 149 Å². The summed E-state index contributed by atoms with van der Waals surface area (Å²) in [5.41, 5.74) is -1.50. The Bertz CT molecular complexity index is 1040. The lowest BCUT2D eigenvalue weighted by molar-refractivity contribution is -0.384. The van der Waals surface area contributed by atoms with Gasteiger partial charge in [-0.15, -0.1) is 0 Å². The summed E-state index contributed by atoms with van der Waals surface area (Å²) in [6.45, 7) is 3.48. The summed E-state index contributed by atoms with van der Waals surface area (Å²) in [6, 6.07) is 1.91. The molecule has 0 radical (unpaired) electrons. The fraction of sp³-hybridized carbons (Fsp3) is 0.524. The molecule has 2 aromatic heterocycles. The van der Waals surface area contributed by atoms with Crippen LogP contribution in [0.1, 0.15) is 65.2 Å². The number of nitrogens with one attached hydrogen (secondary N) is 1. The standard InChI is InChI=1S/C21H27F2N5O6/c1-12(18(29)30)6-5-7-14(26-20(31)34-21(2,3)4)15-10-13(8-9-24-15)17-16(28(32)33)11-25-27(17)19(22)23/h8-12,14,19H,5-7H2,1-4H3,(H,26,31)(H,29,30)/t12-,14+/m1/s1. The molecule has 0 spiro atoms. The number of nitro groups is 1. The van der Waals surface area contributed by atoms with Gasteiger partial charge >= 0.3 is 24.3 Å². The highest BCUT2D eigenvalue weighted by molar-refractivity contribution is 5.71. The van der Waals surface area contributed by atoms with Crippen LogP contribution in [0.5, 0.6) is 0 Å². The lowest BCUT2D eigenvalue weighted by Gasteiger charge is -2.24. The molecule has 34 heavy (non-hydrogen) atoms. The van der Waals surface area contributed by atoms with Gasteiger partial charge in [-0.05, 0) is 45.7 Å². The molecular weight excluding hydrogens is 456 g/mol. The Morgan fingerprint density at radius 2 is 2.00 bits per heavy atom. The Morgan fingerprint density at radius 1 is 1.32 bits per heavy atom. The number of pyridine rings is 1.